The van der Waals surface area contributed by atoms with Crippen LogP contribution >= 0.6 is 0 Å². The van der Waals surface area contributed by atoms with Gasteiger partial charge in [-0.25, -0.2) is 4.79 Å². The highest BCUT2D eigenvalue weighted by Gasteiger charge is 2.17. The molecule has 0 saturated heterocycles. The fraction of sp³-hybridized carbons (Fsp3) is 0.368. The van der Waals surface area contributed by atoms with Gasteiger partial charge in [-0.2, -0.15) is 10.2 Å². The molecule has 0 aliphatic rings. The number of methoxy groups -OCH3 is 2. The largest absolute Gasteiger partial charge is 0.493 e. The number of fused-ring (bicyclic) bond motifs is 1. The van der Waals surface area contributed by atoms with E-state index in [-0.39, 0.29) is 24.1 Å². The second kappa shape index (κ2) is 8.52. The first-order valence-corrected chi connectivity index (χ1v) is 9.01. The summed E-state index contributed by atoms with van der Waals surface area (Å²) < 4.78 is 13.5. The lowest BCUT2D eigenvalue weighted by Crippen LogP contribution is -2.29. The van der Waals surface area contributed by atoms with Crippen molar-refractivity contribution in [3.8, 4) is 17.6 Å². The van der Waals surface area contributed by atoms with Gasteiger partial charge in [-0.1, -0.05) is 6.07 Å². The van der Waals surface area contributed by atoms with Crippen molar-refractivity contribution >= 4 is 17.1 Å². The summed E-state index contributed by atoms with van der Waals surface area (Å²) in [5.41, 5.74) is 0.493. The number of anilines is 1. The third kappa shape index (κ3) is 3.94. The van der Waals surface area contributed by atoms with Crippen LogP contribution in [0.25, 0.3) is 11.2 Å². The van der Waals surface area contributed by atoms with Crippen molar-refractivity contribution in [3.05, 3.63) is 44.6 Å². The molecule has 0 unspecified atom stereocenters. The Morgan fingerprint density at radius 2 is 2.00 bits per heavy atom. The van der Waals surface area contributed by atoms with E-state index in [0.29, 0.717) is 30.4 Å². The topological polar surface area (TPSA) is 127 Å². The number of aryl methyl sites for hydroxylation is 2. The quantitative estimate of drug-likeness (QED) is 0.580. The van der Waals surface area contributed by atoms with E-state index in [0.717, 1.165) is 5.56 Å². The van der Waals surface area contributed by atoms with Crippen LogP contribution in [-0.4, -0.2) is 39.9 Å². The number of benzene rings is 1. The van der Waals surface area contributed by atoms with Gasteiger partial charge in [0.05, 0.1) is 26.7 Å². The first-order valence-electron chi connectivity index (χ1n) is 9.01. The lowest BCUT2D eigenvalue weighted by atomic mass is 10.1. The molecule has 0 bridgehead atoms. The zero-order chi connectivity index (χ0) is 21.0. The average Bonchev–Trinajstić information content (AvgIpc) is 3.09. The van der Waals surface area contributed by atoms with E-state index in [9.17, 15) is 9.59 Å². The predicted molar refractivity (Wildman–Crippen MR) is 108 cm³/mol. The Morgan fingerprint density at radius 1 is 1.24 bits per heavy atom. The fourth-order valence-corrected chi connectivity index (χ4v) is 3.10. The van der Waals surface area contributed by atoms with Crippen LogP contribution in [0.2, 0.25) is 0 Å². The molecule has 2 heterocycles. The van der Waals surface area contributed by atoms with Gasteiger partial charge in [0.25, 0.3) is 5.56 Å². The maximum atomic E-state index is 12.3. The second-order valence-corrected chi connectivity index (χ2v) is 6.35. The van der Waals surface area contributed by atoms with Gasteiger partial charge in [0.2, 0.25) is 5.95 Å². The fourth-order valence-electron chi connectivity index (χ4n) is 3.10. The predicted octanol–water partition coefficient (Wildman–Crippen LogP) is 1.01. The van der Waals surface area contributed by atoms with Gasteiger partial charge in [-0.15, -0.1) is 0 Å². The van der Waals surface area contributed by atoms with Gasteiger partial charge in [-0.3, -0.25) is 14.3 Å². The smallest absolute Gasteiger partial charge is 0.329 e. The van der Waals surface area contributed by atoms with Crippen LogP contribution in [0.1, 0.15) is 12.0 Å². The highest BCUT2D eigenvalue weighted by Crippen LogP contribution is 2.27. The summed E-state index contributed by atoms with van der Waals surface area (Å²) in [6.45, 7) is 0.810. The molecule has 10 nitrogen and oxygen atoms in total. The van der Waals surface area contributed by atoms with Crippen LogP contribution in [0, 0.1) is 11.3 Å². The summed E-state index contributed by atoms with van der Waals surface area (Å²) in [6.07, 6.45) is 0.870. The van der Waals surface area contributed by atoms with Gasteiger partial charge in [0.1, 0.15) is 0 Å². The van der Waals surface area contributed by atoms with Crippen LogP contribution in [-0.2, 0) is 20.0 Å². The SMILES string of the molecule is COc1ccc(CCNc2nc3c(c(=O)[nH]c(=O)n3C)n2CCC#N)cc1OC. The lowest BCUT2D eigenvalue weighted by Gasteiger charge is -2.11. The van der Waals surface area contributed by atoms with Crippen LogP contribution in [0.4, 0.5) is 5.95 Å². The highest BCUT2D eigenvalue weighted by molar-refractivity contribution is 5.74. The van der Waals surface area contributed by atoms with Crippen molar-refractivity contribution < 1.29 is 9.47 Å². The van der Waals surface area contributed by atoms with E-state index >= 15 is 0 Å². The maximum absolute atomic E-state index is 12.3. The first kappa shape index (κ1) is 20.0. The second-order valence-electron chi connectivity index (χ2n) is 6.35. The van der Waals surface area contributed by atoms with Crippen molar-refractivity contribution in [2.45, 2.75) is 19.4 Å². The Kier molecular flexibility index (Phi) is 5.87. The summed E-state index contributed by atoms with van der Waals surface area (Å²) in [6, 6.07) is 7.74. The van der Waals surface area contributed by atoms with E-state index in [1.54, 1.807) is 18.8 Å². The van der Waals surface area contributed by atoms with Gasteiger partial charge in [0, 0.05) is 20.1 Å². The van der Waals surface area contributed by atoms with E-state index in [4.69, 9.17) is 14.7 Å². The molecular weight excluding hydrogens is 376 g/mol. The van der Waals surface area contributed by atoms with Crippen LogP contribution < -0.4 is 26.0 Å². The molecule has 3 rings (SSSR count). The van der Waals surface area contributed by atoms with Crippen molar-refractivity contribution in [3.63, 3.8) is 0 Å². The van der Waals surface area contributed by atoms with Gasteiger partial charge in [-0.05, 0) is 24.1 Å². The molecule has 0 aliphatic heterocycles. The molecule has 152 valence electrons. The van der Waals surface area contributed by atoms with Crippen LogP contribution in [0.3, 0.4) is 0 Å². The number of rotatable bonds is 8. The number of nitrogens with one attached hydrogen (secondary N) is 2. The molecule has 0 saturated carbocycles. The molecular formula is C19H22N6O4. The van der Waals surface area contributed by atoms with Crippen molar-refractivity contribution in [2.24, 2.45) is 7.05 Å². The molecule has 0 radical (unpaired) electrons. The number of imidazole rings is 1. The van der Waals surface area contributed by atoms with Crippen LogP contribution in [0.5, 0.6) is 11.5 Å². The summed E-state index contributed by atoms with van der Waals surface area (Å²) >= 11 is 0. The zero-order valence-corrected chi connectivity index (χ0v) is 16.5. The number of aromatic nitrogens is 4. The van der Waals surface area contributed by atoms with Gasteiger partial charge < -0.3 is 19.4 Å². The summed E-state index contributed by atoms with van der Waals surface area (Å²) in [4.78, 5) is 30.9. The van der Waals surface area contributed by atoms with Gasteiger partial charge in [0.15, 0.2) is 22.7 Å². The van der Waals surface area contributed by atoms with Crippen molar-refractivity contribution in [2.75, 3.05) is 26.1 Å². The number of H-pyrrole nitrogens is 1. The molecule has 10 heteroatoms. The third-order valence-electron chi connectivity index (χ3n) is 4.60. The molecule has 2 N–H and O–H groups in total. The molecule has 0 aliphatic carbocycles. The molecule has 3 aromatic rings. The van der Waals surface area contributed by atoms with Crippen molar-refractivity contribution in [1.29, 1.82) is 5.26 Å². The standard InChI is InChI=1S/C19H22N6O4/c1-24-16-15(17(26)23-19(24)27)25(10-4-8-20)18(22-16)21-9-7-12-5-6-13(28-2)14(11-12)29-3/h5-6,11H,4,7,9-10H2,1-3H3,(H,21,22)(H,23,26,27). The molecule has 0 amide bonds. The number of nitrogens with zero attached hydrogens (tertiary/aromatic N) is 4. The molecule has 0 fully saturated rings. The maximum Gasteiger partial charge on any atom is 0.329 e. The van der Waals surface area contributed by atoms with E-state index in [1.165, 1.54) is 11.6 Å². The molecule has 29 heavy (non-hydrogen) atoms. The highest BCUT2D eigenvalue weighted by atomic mass is 16.5. The Hall–Kier alpha value is -3.74. The summed E-state index contributed by atoms with van der Waals surface area (Å²) in [5, 5.41) is 12.1. The Morgan fingerprint density at radius 3 is 2.69 bits per heavy atom. The first-order chi connectivity index (χ1) is 14.0. The Labute approximate surface area is 166 Å². The van der Waals surface area contributed by atoms with Gasteiger partial charge >= 0.3 is 5.69 Å². The van der Waals surface area contributed by atoms with E-state index in [2.05, 4.69) is 21.4 Å². The molecule has 0 spiro atoms. The minimum atomic E-state index is -0.538. The molecule has 0 atom stereocenters. The van der Waals surface area contributed by atoms with E-state index in [1.807, 2.05) is 18.2 Å². The number of nitriles is 1. The number of aromatic amines is 1. The number of hydrogen-bond donors (Lipinski definition) is 2. The third-order valence-corrected chi connectivity index (χ3v) is 4.60. The summed E-state index contributed by atoms with van der Waals surface area (Å²) in [7, 11) is 4.70. The summed E-state index contributed by atoms with van der Waals surface area (Å²) in [5.74, 6) is 1.73. The van der Waals surface area contributed by atoms with E-state index < -0.39 is 11.2 Å². The average molecular weight is 398 g/mol. The number of ether oxygens (including phenoxy) is 2. The number of hydrogen-bond acceptors (Lipinski definition) is 7. The minimum Gasteiger partial charge on any atom is -0.493 e. The van der Waals surface area contributed by atoms with Crippen LogP contribution in [0.15, 0.2) is 27.8 Å². The molecule has 2 aromatic heterocycles. The van der Waals surface area contributed by atoms with Crippen molar-refractivity contribution in [1.82, 2.24) is 19.1 Å². The Balaban J connectivity index is 1.87. The zero-order valence-electron chi connectivity index (χ0n) is 16.5. The lowest BCUT2D eigenvalue weighted by molar-refractivity contribution is 0.354. The normalized spacial score (nSPS) is 10.7. The Bertz CT molecular complexity index is 1180. The monoisotopic (exact) mass is 398 g/mol. The minimum absolute atomic E-state index is 0.206. The molecule has 1 aromatic carbocycles.